The Balaban J connectivity index is 2.44. The molecule has 0 spiro atoms. The summed E-state index contributed by atoms with van der Waals surface area (Å²) in [4.78, 5) is 0. The van der Waals surface area contributed by atoms with E-state index in [1.54, 1.807) is 0 Å². The summed E-state index contributed by atoms with van der Waals surface area (Å²) in [6.07, 6.45) is 7.66. The highest BCUT2D eigenvalue weighted by molar-refractivity contribution is 6.29. The molecule has 0 fully saturated rings. The van der Waals surface area contributed by atoms with E-state index in [1.807, 2.05) is 24.3 Å². The first-order valence-electron chi connectivity index (χ1n) is 2.26. The van der Waals surface area contributed by atoms with E-state index >= 15 is 0 Å². The van der Waals surface area contributed by atoms with Crippen LogP contribution in [0.25, 0.3) is 0 Å². The Morgan fingerprint density at radius 3 is 2.14 bits per heavy atom. The molecule has 1 N–H and O–H groups in total. The molecule has 35 valence electrons. The lowest BCUT2D eigenvalue weighted by Gasteiger charge is -1.89. The first kappa shape index (κ1) is 4.66. The lowest BCUT2D eigenvalue weighted by atomic mass is 9.82. The van der Waals surface area contributed by atoms with Gasteiger partial charge < -0.3 is 5.02 Å². The molecule has 1 rings (SSSR count). The molecule has 0 aromatic carbocycles. The van der Waals surface area contributed by atoms with Gasteiger partial charge in [-0.05, 0) is 5.82 Å². The molecule has 1 aliphatic carbocycles. The summed E-state index contributed by atoms with van der Waals surface area (Å²) >= 11 is 0. The van der Waals surface area contributed by atoms with Crippen LogP contribution in [0.4, 0.5) is 0 Å². The summed E-state index contributed by atoms with van der Waals surface area (Å²) in [5.41, 5.74) is 0. The molecule has 0 bridgehead atoms. The lowest BCUT2D eigenvalue weighted by Crippen LogP contribution is -1.92. The zero-order valence-corrected chi connectivity index (χ0v) is 3.91. The van der Waals surface area contributed by atoms with Crippen LogP contribution in [-0.2, 0) is 0 Å². The van der Waals surface area contributed by atoms with Crippen molar-refractivity contribution in [3.8, 4) is 0 Å². The standard InChI is InChI=1S/C5H6BO/c7-6-5-3-1-2-4-5/h1-5,7H. The van der Waals surface area contributed by atoms with Gasteiger partial charge in [-0.15, -0.1) is 0 Å². The Hall–Kier alpha value is -0.495. The van der Waals surface area contributed by atoms with Gasteiger partial charge in [0.15, 0.2) is 0 Å². The second-order valence-electron chi connectivity index (χ2n) is 1.50. The minimum atomic E-state index is 0.167. The smallest absolute Gasteiger partial charge is 0.298 e. The van der Waals surface area contributed by atoms with Gasteiger partial charge in [-0.2, -0.15) is 0 Å². The van der Waals surface area contributed by atoms with Gasteiger partial charge in [0.1, 0.15) is 0 Å². The van der Waals surface area contributed by atoms with E-state index in [0.29, 0.717) is 0 Å². The van der Waals surface area contributed by atoms with Crippen LogP contribution >= 0.6 is 0 Å². The number of hydrogen-bond acceptors (Lipinski definition) is 1. The van der Waals surface area contributed by atoms with Crippen LogP contribution in [0.3, 0.4) is 0 Å². The molecule has 0 unspecified atom stereocenters. The maximum atomic E-state index is 8.34. The van der Waals surface area contributed by atoms with Crippen molar-refractivity contribution >= 4 is 7.48 Å². The molecule has 7 heavy (non-hydrogen) atoms. The van der Waals surface area contributed by atoms with Gasteiger partial charge in [-0.1, -0.05) is 24.3 Å². The fourth-order valence-corrected chi connectivity index (χ4v) is 0.548. The third-order valence-corrected chi connectivity index (χ3v) is 0.950. The van der Waals surface area contributed by atoms with Gasteiger partial charge in [0.2, 0.25) is 0 Å². The van der Waals surface area contributed by atoms with Gasteiger partial charge in [0.05, 0.1) is 0 Å². The first-order chi connectivity index (χ1) is 3.43. The van der Waals surface area contributed by atoms with E-state index in [9.17, 15) is 0 Å². The summed E-state index contributed by atoms with van der Waals surface area (Å²) in [6, 6.07) is 0. The van der Waals surface area contributed by atoms with Crippen molar-refractivity contribution in [2.24, 2.45) is 0 Å². The largest absolute Gasteiger partial charge is 0.453 e. The van der Waals surface area contributed by atoms with Crippen molar-refractivity contribution in [2.45, 2.75) is 5.82 Å². The van der Waals surface area contributed by atoms with Gasteiger partial charge in [-0.25, -0.2) is 0 Å². The second kappa shape index (κ2) is 1.98. The lowest BCUT2D eigenvalue weighted by molar-refractivity contribution is 0.598. The molecule has 0 atom stereocenters. The predicted octanol–water partition coefficient (Wildman–Crippen LogP) is 0.512. The average molecular weight is 92.9 g/mol. The molecular formula is C5H6BO. The monoisotopic (exact) mass is 93.1 g/mol. The van der Waals surface area contributed by atoms with E-state index < -0.39 is 0 Å². The summed E-state index contributed by atoms with van der Waals surface area (Å²) in [6.45, 7) is 0. The highest BCUT2D eigenvalue weighted by Gasteiger charge is 2.01. The fourth-order valence-electron chi connectivity index (χ4n) is 0.548. The molecule has 2 heteroatoms. The molecule has 1 nitrogen and oxygen atoms in total. The van der Waals surface area contributed by atoms with E-state index in [0.717, 1.165) is 0 Å². The minimum Gasteiger partial charge on any atom is -0.453 e. The topological polar surface area (TPSA) is 20.2 Å². The van der Waals surface area contributed by atoms with Crippen molar-refractivity contribution in [3.05, 3.63) is 24.3 Å². The SMILES string of the molecule is O[B]C1C=CC=C1. The van der Waals surface area contributed by atoms with Crippen LogP contribution in [0.15, 0.2) is 24.3 Å². The molecule has 0 saturated carbocycles. The van der Waals surface area contributed by atoms with Gasteiger partial charge in [0.25, 0.3) is 7.48 Å². The van der Waals surface area contributed by atoms with Gasteiger partial charge in [-0.3, -0.25) is 0 Å². The highest BCUT2D eigenvalue weighted by atomic mass is 16.2. The molecule has 0 aromatic rings. The normalized spacial score (nSPS) is 18.4. The maximum absolute atomic E-state index is 8.34. The Kier molecular flexibility index (Phi) is 1.32. The first-order valence-corrected chi connectivity index (χ1v) is 2.26. The van der Waals surface area contributed by atoms with Crippen LogP contribution in [0.1, 0.15) is 0 Å². The number of allylic oxidation sites excluding steroid dienone is 4. The van der Waals surface area contributed by atoms with Crippen molar-refractivity contribution in [3.63, 3.8) is 0 Å². The van der Waals surface area contributed by atoms with Crippen LogP contribution in [0.5, 0.6) is 0 Å². The molecular weight excluding hydrogens is 86.9 g/mol. The summed E-state index contributed by atoms with van der Waals surface area (Å²) in [7, 11) is 1.17. The van der Waals surface area contributed by atoms with Gasteiger partial charge in [0, 0.05) is 0 Å². The van der Waals surface area contributed by atoms with Gasteiger partial charge >= 0.3 is 0 Å². The van der Waals surface area contributed by atoms with E-state index in [1.165, 1.54) is 7.48 Å². The Morgan fingerprint density at radius 1 is 1.29 bits per heavy atom. The van der Waals surface area contributed by atoms with Crippen molar-refractivity contribution in [1.82, 2.24) is 0 Å². The van der Waals surface area contributed by atoms with Crippen molar-refractivity contribution < 1.29 is 5.02 Å². The molecule has 0 amide bonds. The fraction of sp³-hybridized carbons (Fsp3) is 0.200. The molecule has 0 aromatic heterocycles. The number of rotatable bonds is 1. The van der Waals surface area contributed by atoms with Crippen molar-refractivity contribution in [2.75, 3.05) is 0 Å². The summed E-state index contributed by atoms with van der Waals surface area (Å²) in [5.74, 6) is 0.167. The maximum Gasteiger partial charge on any atom is 0.298 e. The third kappa shape index (κ3) is 0.935. The average Bonchev–Trinajstić information content (AvgIpc) is 2.14. The molecule has 0 saturated heterocycles. The van der Waals surface area contributed by atoms with Crippen LogP contribution in [-0.4, -0.2) is 12.5 Å². The summed E-state index contributed by atoms with van der Waals surface area (Å²) < 4.78 is 0. The van der Waals surface area contributed by atoms with E-state index in [2.05, 4.69) is 0 Å². The molecule has 0 heterocycles. The minimum absolute atomic E-state index is 0.167. The molecule has 0 aliphatic heterocycles. The number of hydrogen-bond donors (Lipinski definition) is 1. The van der Waals surface area contributed by atoms with E-state index in [4.69, 9.17) is 5.02 Å². The Labute approximate surface area is 43.6 Å². The molecule has 1 radical (unpaired) electrons. The third-order valence-electron chi connectivity index (χ3n) is 0.950. The predicted molar refractivity (Wildman–Crippen MR) is 30.0 cm³/mol. The van der Waals surface area contributed by atoms with E-state index in [-0.39, 0.29) is 5.82 Å². The summed E-state index contributed by atoms with van der Waals surface area (Å²) in [5, 5.41) is 8.34. The highest BCUT2D eigenvalue weighted by Crippen LogP contribution is 2.11. The second-order valence-corrected chi connectivity index (χ2v) is 1.50. The zero-order chi connectivity index (χ0) is 5.11. The van der Waals surface area contributed by atoms with Crippen LogP contribution < -0.4 is 0 Å². The zero-order valence-electron chi connectivity index (χ0n) is 3.91. The van der Waals surface area contributed by atoms with Crippen LogP contribution in [0.2, 0.25) is 5.82 Å². The Bertz CT molecular complexity index is 94.6. The Morgan fingerprint density at radius 2 is 1.86 bits per heavy atom. The molecule has 1 aliphatic rings. The van der Waals surface area contributed by atoms with Crippen LogP contribution in [0, 0.1) is 0 Å². The van der Waals surface area contributed by atoms with Crippen molar-refractivity contribution in [1.29, 1.82) is 0 Å². The quantitative estimate of drug-likeness (QED) is 0.468.